The van der Waals surface area contributed by atoms with E-state index in [9.17, 15) is 10.1 Å². The van der Waals surface area contributed by atoms with Crippen molar-refractivity contribution in [3.05, 3.63) is 88.5 Å². The molecule has 0 spiro atoms. The summed E-state index contributed by atoms with van der Waals surface area (Å²) in [5.74, 6) is 1.44. The van der Waals surface area contributed by atoms with E-state index in [4.69, 9.17) is 14.2 Å². The Morgan fingerprint density at radius 2 is 1.76 bits per heavy atom. The summed E-state index contributed by atoms with van der Waals surface area (Å²) in [6.07, 6.45) is 1.52. The lowest BCUT2D eigenvalue weighted by atomic mass is 10.1. The Labute approximate surface area is 199 Å². The molecule has 0 radical (unpaired) electrons. The van der Waals surface area contributed by atoms with Crippen molar-refractivity contribution in [2.24, 2.45) is 5.10 Å². The van der Waals surface area contributed by atoms with Gasteiger partial charge in [0.15, 0.2) is 18.1 Å². The fraction of sp³-hybridized carbons (Fsp3) is 0.222. The summed E-state index contributed by atoms with van der Waals surface area (Å²) in [4.78, 5) is 12.1. The van der Waals surface area contributed by atoms with Crippen molar-refractivity contribution in [2.75, 3.05) is 13.2 Å². The van der Waals surface area contributed by atoms with E-state index in [1.165, 1.54) is 6.21 Å². The molecule has 0 aromatic heterocycles. The van der Waals surface area contributed by atoms with Crippen LogP contribution in [0, 0.1) is 25.2 Å². The Hall–Kier alpha value is -4.31. The smallest absolute Gasteiger partial charge is 0.277 e. The lowest BCUT2D eigenvalue weighted by molar-refractivity contribution is -0.123. The number of nitrogens with zero attached hydrogens (tertiary/aromatic N) is 2. The second kappa shape index (κ2) is 12.1. The van der Waals surface area contributed by atoms with Crippen LogP contribution in [0.2, 0.25) is 0 Å². The van der Waals surface area contributed by atoms with Crippen molar-refractivity contribution in [3.63, 3.8) is 0 Å². The number of carbonyl (C=O) groups excluding carboxylic acids is 1. The number of amides is 1. The third-order valence-corrected chi connectivity index (χ3v) is 4.95. The molecule has 0 aliphatic heterocycles. The quantitative estimate of drug-likeness (QED) is 0.352. The average molecular weight is 458 g/mol. The molecule has 7 heteroatoms. The number of nitriles is 1. The second-order valence-electron chi connectivity index (χ2n) is 7.50. The molecule has 0 saturated heterocycles. The van der Waals surface area contributed by atoms with E-state index >= 15 is 0 Å². The van der Waals surface area contributed by atoms with Crippen LogP contribution in [-0.2, 0) is 11.4 Å². The van der Waals surface area contributed by atoms with Crippen molar-refractivity contribution < 1.29 is 19.0 Å². The zero-order valence-corrected chi connectivity index (χ0v) is 19.5. The first kappa shape index (κ1) is 24.3. The molecule has 1 N–H and O–H groups in total. The Bertz CT molecular complexity index is 1190. The fourth-order valence-electron chi connectivity index (χ4n) is 3.28. The summed E-state index contributed by atoms with van der Waals surface area (Å²) in [7, 11) is 0. The minimum atomic E-state index is -0.361. The number of ether oxygens (including phenoxy) is 3. The van der Waals surface area contributed by atoms with E-state index in [0.717, 1.165) is 22.3 Å². The van der Waals surface area contributed by atoms with Gasteiger partial charge in [-0.1, -0.05) is 36.4 Å². The molecular weight excluding hydrogens is 430 g/mol. The van der Waals surface area contributed by atoms with E-state index in [1.807, 2.05) is 57.2 Å². The fourth-order valence-corrected chi connectivity index (χ4v) is 3.28. The van der Waals surface area contributed by atoms with Crippen LogP contribution in [0.5, 0.6) is 17.2 Å². The molecule has 1 amide bonds. The van der Waals surface area contributed by atoms with Crippen LogP contribution >= 0.6 is 0 Å². The molecule has 34 heavy (non-hydrogen) atoms. The van der Waals surface area contributed by atoms with E-state index in [1.54, 1.807) is 24.3 Å². The number of hydrogen-bond acceptors (Lipinski definition) is 6. The summed E-state index contributed by atoms with van der Waals surface area (Å²) in [6.45, 7) is 6.32. The summed E-state index contributed by atoms with van der Waals surface area (Å²) in [6, 6.07) is 20.6. The first-order chi connectivity index (χ1) is 16.5. The molecule has 0 aliphatic rings. The van der Waals surface area contributed by atoms with Crippen molar-refractivity contribution in [2.45, 2.75) is 27.4 Å². The molecule has 0 atom stereocenters. The van der Waals surface area contributed by atoms with Crippen LogP contribution in [0.1, 0.15) is 34.7 Å². The molecule has 174 valence electrons. The number of rotatable bonds is 10. The minimum Gasteiger partial charge on any atom is -0.490 e. The molecule has 0 fully saturated rings. The van der Waals surface area contributed by atoms with Crippen LogP contribution in [0.25, 0.3) is 0 Å². The highest BCUT2D eigenvalue weighted by Crippen LogP contribution is 2.29. The van der Waals surface area contributed by atoms with E-state index < -0.39 is 0 Å². The molecule has 0 heterocycles. The maximum absolute atomic E-state index is 12.1. The summed E-state index contributed by atoms with van der Waals surface area (Å²) < 4.78 is 17.2. The Morgan fingerprint density at radius 1 is 1.00 bits per heavy atom. The highest BCUT2D eigenvalue weighted by atomic mass is 16.5. The van der Waals surface area contributed by atoms with E-state index in [2.05, 4.69) is 16.6 Å². The summed E-state index contributed by atoms with van der Waals surface area (Å²) >= 11 is 0. The number of benzene rings is 3. The Balaban J connectivity index is 1.59. The Morgan fingerprint density at radius 3 is 2.50 bits per heavy atom. The SMILES string of the molecule is CCOc1cc(/C=N\NC(=O)COc2c(C)cccc2C)ccc1OCc1ccccc1C#N. The minimum absolute atomic E-state index is 0.135. The van der Waals surface area contributed by atoms with Gasteiger partial charge in [-0.15, -0.1) is 0 Å². The maximum Gasteiger partial charge on any atom is 0.277 e. The van der Waals surface area contributed by atoms with E-state index in [0.29, 0.717) is 29.4 Å². The molecule has 0 unspecified atom stereocenters. The molecule has 0 saturated carbocycles. The topological polar surface area (TPSA) is 92.9 Å². The van der Waals surface area contributed by atoms with Crippen LogP contribution in [0.4, 0.5) is 0 Å². The van der Waals surface area contributed by atoms with Gasteiger partial charge in [0.2, 0.25) is 0 Å². The molecule has 3 rings (SSSR count). The monoisotopic (exact) mass is 457 g/mol. The van der Waals surface area contributed by atoms with Gasteiger partial charge in [-0.05, 0) is 61.7 Å². The average Bonchev–Trinajstić information content (AvgIpc) is 2.83. The van der Waals surface area contributed by atoms with Gasteiger partial charge in [0, 0.05) is 5.56 Å². The highest BCUT2D eigenvalue weighted by molar-refractivity contribution is 5.83. The van der Waals surface area contributed by atoms with Crippen molar-refractivity contribution in [1.29, 1.82) is 5.26 Å². The third-order valence-electron chi connectivity index (χ3n) is 4.95. The number of aryl methyl sites for hydroxylation is 2. The predicted molar refractivity (Wildman–Crippen MR) is 130 cm³/mol. The van der Waals surface area contributed by atoms with Gasteiger partial charge in [-0.3, -0.25) is 4.79 Å². The zero-order valence-electron chi connectivity index (χ0n) is 19.5. The van der Waals surface area contributed by atoms with Gasteiger partial charge < -0.3 is 14.2 Å². The lowest BCUT2D eigenvalue weighted by Crippen LogP contribution is -2.25. The molecule has 3 aromatic rings. The van der Waals surface area contributed by atoms with Gasteiger partial charge >= 0.3 is 0 Å². The third kappa shape index (κ3) is 6.59. The molecular formula is C27H27N3O4. The number of carbonyl (C=O) groups is 1. The van der Waals surface area contributed by atoms with Crippen LogP contribution in [-0.4, -0.2) is 25.3 Å². The van der Waals surface area contributed by atoms with Gasteiger partial charge in [0.1, 0.15) is 12.4 Å². The second-order valence-corrected chi connectivity index (χ2v) is 7.50. The van der Waals surface area contributed by atoms with Crippen molar-refractivity contribution >= 4 is 12.1 Å². The molecule has 3 aromatic carbocycles. The number of nitrogens with one attached hydrogen (secondary N) is 1. The van der Waals surface area contributed by atoms with Crippen molar-refractivity contribution in [1.82, 2.24) is 5.43 Å². The maximum atomic E-state index is 12.1. The number of hydrazone groups is 1. The largest absolute Gasteiger partial charge is 0.490 e. The normalized spacial score (nSPS) is 10.5. The predicted octanol–water partition coefficient (Wildman–Crippen LogP) is 4.68. The van der Waals surface area contributed by atoms with Crippen LogP contribution in [0.15, 0.2) is 65.8 Å². The first-order valence-corrected chi connectivity index (χ1v) is 10.9. The molecule has 7 nitrogen and oxygen atoms in total. The van der Waals surface area contributed by atoms with Gasteiger partial charge in [-0.2, -0.15) is 10.4 Å². The summed E-state index contributed by atoms with van der Waals surface area (Å²) in [5.41, 5.74) is 6.50. The first-order valence-electron chi connectivity index (χ1n) is 10.9. The van der Waals surface area contributed by atoms with E-state index in [-0.39, 0.29) is 19.1 Å². The van der Waals surface area contributed by atoms with Crippen LogP contribution in [0.3, 0.4) is 0 Å². The van der Waals surface area contributed by atoms with Gasteiger partial charge in [0.25, 0.3) is 5.91 Å². The van der Waals surface area contributed by atoms with Crippen LogP contribution < -0.4 is 19.6 Å². The van der Waals surface area contributed by atoms with Crippen molar-refractivity contribution in [3.8, 4) is 23.3 Å². The lowest BCUT2D eigenvalue weighted by Gasteiger charge is -2.13. The molecule has 0 bridgehead atoms. The Kier molecular flexibility index (Phi) is 8.64. The number of hydrogen-bond donors (Lipinski definition) is 1. The summed E-state index contributed by atoms with van der Waals surface area (Å²) in [5, 5.41) is 13.3. The molecule has 0 aliphatic carbocycles. The van der Waals surface area contributed by atoms with Gasteiger partial charge in [0.05, 0.1) is 24.5 Å². The highest BCUT2D eigenvalue weighted by Gasteiger charge is 2.09. The number of para-hydroxylation sites is 1. The zero-order chi connectivity index (χ0) is 24.3. The standard InChI is InChI=1S/C27H27N3O4/c1-4-32-25-14-21(12-13-24(25)33-17-23-11-6-5-10-22(23)15-28)16-29-30-26(31)18-34-27-19(2)8-7-9-20(27)3/h5-14,16H,4,17-18H2,1-3H3,(H,30,31)/b29-16-. The van der Waals surface area contributed by atoms with Gasteiger partial charge in [-0.25, -0.2) is 5.43 Å².